The summed E-state index contributed by atoms with van der Waals surface area (Å²) < 4.78 is 5.44. The van der Waals surface area contributed by atoms with Gasteiger partial charge in [-0.3, -0.25) is 9.69 Å². The second-order valence-electron chi connectivity index (χ2n) is 8.39. The van der Waals surface area contributed by atoms with Crippen molar-refractivity contribution in [1.82, 2.24) is 9.80 Å². The Morgan fingerprint density at radius 2 is 1.63 bits per heavy atom. The largest absolute Gasteiger partial charge is 0.444 e. The van der Waals surface area contributed by atoms with Crippen molar-refractivity contribution in [2.45, 2.75) is 32.9 Å². The molecule has 1 fully saturated rings. The van der Waals surface area contributed by atoms with Crippen LogP contribution in [0.2, 0.25) is 10.0 Å². The number of nitrogens with zero attached hydrogens (tertiary/aromatic N) is 2. The number of rotatable bonds is 4. The molecule has 7 heteroatoms. The van der Waals surface area contributed by atoms with Crippen LogP contribution in [0.25, 0.3) is 0 Å². The van der Waals surface area contributed by atoms with Crippen molar-refractivity contribution in [2.75, 3.05) is 26.2 Å². The number of halogens is 2. The van der Waals surface area contributed by atoms with Crippen LogP contribution in [0.3, 0.4) is 0 Å². The first-order valence-corrected chi connectivity index (χ1v) is 10.7. The molecule has 0 bridgehead atoms. The zero-order valence-electron chi connectivity index (χ0n) is 17.5. The number of carbonyl (C=O) groups excluding carboxylic acids is 2. The van der Waals surface area contributed by atoms with Crippen LogP contribution >= 0.6 is 23.2 Å². The summed E-state index contributed by atoms with van der Waals surface area (Å²) in [5.74, 6) is -0.114. The lowest BCUT2D eigenvalue weighted by molar-refractivity contribution is 0.0139. The second-order valence-corrected chi connectivity index (χ2v) is 9.23. The highest BCUT2D eigenvalue weighted by molar-refractivity contribution is 6.32. The third-order valence-electron chi connectivity index (χ3n) is 4.82. The highest BCUT2D eigenvalue weighted by Gasteiger charge is 2.26. The standard InChI is InChI=1S/C23H26Cl2N2O3/c1-23(2,3)30-22(29)27-11-9-26(10-12-27)15-18-8-7-17(14-20(18)25)21(28)16-5-4-6-19(24)13-16/h4-8,13-14H,9-12,15H2,1-3H3. The van der Waals surface area contributed by atoms with Gasteiger partial charge in [0.1, 0.15) is 5.60 Å². The average Bonchev–Trinajstić information content (AvgIpc) is 2.68. The van der Waals surface area contributed by atoms with Gasteiger partial charge < -0.3 is 9.64 Å². The topological polar surface area (TPSA) is 49.9 Å². The number of carbonyl (C=O) groups is 2. The molecule has 1 heterocycles. The number of hydrogen-bond donors (Lipinski definition) is 0. The van der Waals surface area contributed by atoms with E-state index in [9.17, 15) is 9.59 Å². The van der Waals surface area contributed by atoms with E-state index in [1.165, 1.54) is 0 Å². The Hall–Kier alpha value is -2.08. The molecule has 160 valence electrons. The van der Waals surface area contributed by atoms with Crippen LogP contribution in [0.15, 0.2) is 42.5 Å². The monoisotopic (exact) mass is 448 g/mol. The molecule has 0 atom stereocenters. The van der Waals surface area contributed by atoms with Gasteiger partial charge in [-0.05, 0) is 44.5 Å². The number of hydrogen-bond acceptors (Lipinski definition) is 4. The van der Waals surface area contributed by atoms with E-state index < -0.39 is 5.60 Å². The summed E-state index contributed by atoms with van der Waals surface area (Å²) in [6.45, 7) is 8.94. The molecule has 1 amide bonds. The summed E-state index contributed by atoms with van der Waals surface area (Å²) in [6, 6.07) is 12.3. The Balaban J connectivity index is 1.59. The van der Waals surface area contributed by atoms with E-state index in [1.807, 2.05) is 26.8 Å². The zero-order chi connectivity index (χ0) is 21.9. The molecule has 1 aliphatic heterocycles. The molecule has 5 nitrogen and oxygen atoms in total. The molecular formula is C23H26Cl2N2O3. The highest BCUT2D eigenvalue weighted by atomic mass is 35.5. The maximum absolute atomic E-state index is 12.7. The summed E-state index contributed by atoms with van der Waals surface area (Å²) in [5, 5.41) is 1.08. The van der Waals surface area contributed by atoms with Gasteiger partial charge in [0.25, 0.3) is 0 Å². The molecule has 1 aliphatic rings. The molecule has 0 spiro atoms. The number of ketones is 1. The summed E-state index contributed by atoms with van der Waals surface area (Å²) in [6.07, 6.45) is -0.274. The van der Waals surface area contributed by atoms with E-state index in [0.29, 0.717) is 40.8 Å². The molecule has 0 saturated carbocycles. The van der Waals surface area contributed by atoms with Crippen LogP contribution in [0.4, 0.5) is 4.79 Å². The first kappa shape index (κ1) is 22.6. The summed E-state index contributed by atoms with van der Waals surface area (Å²) in [7, 11) is 0. The molecule has 30 heavy (non-hydrogen) atoms. The van der Waals surface area contributed by atoms with Crippen molar-refractivity contribution >= 4 is 35.1 Å². The van der Waals surface area contributed by atoms with Crippen molar-refractivity contribution in [3.05, 3.63) is 69.2 Å². The summed E-state index contributed by atoms with van der Waals surface area (Å²) in [4.78, 5) is 28.8. The van der Waals surface area contributed by atoms with Crippen LogP contribution in [-0.2, 0) is 11.3 Å². The molecule has 2 aromatic rings. The molecule has 0 radical (unpaired) electrons. The third-order valence-corrected chi connectivity index (χ3v) is 5.41. The number of benzene rings is 2. The number of ether oxygens (including phenoxy) is 1. The minimum absolute atomic E-state index is 0.114. The quantitative estimate of drug-likeness (QED) is 0.597. The smallest absolute Gasteiger partial charge is 0.410 e. The van der Waals surface area contributed by atoms with Gasteiger partial charge in [0, 0.05) is 53.9 Å². The van der Waals surface area contributed by atoms with Gasteiger partial charge in [0.15, 0.2) is 5.78 Å². The van der Waals surface area contributed by atoms with E-state index in [4.69, 9.17) is 27.9 Å². The lowest BCUT2D eigenvalue weighted by atomic mass is 10.0. The Bertz CT molecular complexity index is 932. The number of amides is 1. The molecule has 1 saturated heterocycles. The molecule has 3 rings (SSSR count). The lowest BCUT2D eigenvalue weighted by Crippen LogP contribution is -2.49. The minimum atomic E-state index is -0.494. The highest BCUT2D eigenvalue weighted by Crippen LogP contribution is 2.23. The van der Waals surface area contributed by atoms with Crippen LogP contribution in [0.5, 0.6) is 0 Å². The van der Waals surface area contributed by atoms with E-state index in [0.717, 1.165) is 18.7 Å². The van der Waals surface area contributed by atoms with E-state index in [-0.39, 0.29) is 11.9 Å². The Morgan fingerprint density at radius 1 is 0.967 bits per heavy atom. The first-order chi connectivity index (χ1) is 14.1. The van der Waals surface area contributed by atoms with Crippen molar-refractivity contribution < 1.29 is 14.3 Å². The van der Waals surface area contributed by atoms with Crippen molar-refractivity contribution in [3.8, 4) is 0 Å². The average molecular weight is 449 g/mol. The molecule has 0 aromatic heterocycles. The van der Waals surface area contributed by atoms with Gasteiger partial charge in [0.2, 0.25) is 0 Å². The van der Waals surface area contributed by atoms with Crippen LogP contribution in [-0.4, -0.2) is 53.5 Å². The maximum Gasteiger partial charge on any atom is 0.410 e. The van der Waals surface area contributed by atoms with Crippen LogP contribution in [0, 0.1) is 0 Å². The summed E-state index contributed by atoms with van der Waals surface area (Å²) in [5.41, 5.74) is 1.52. The van der Waals surface area contributed by atoms with Gasteiger partial charge in [0.05, 0.1) is 0 Å². The van der Waals surface area contributed by atoms with Crippen molar-refractivity contribution in [3.63, 3.8) is 0 Å². The predicted molar refractivity (Wildman–Crippen MR) is 119 cm³/mol. The Morgan fingerprint density at radius 3 is 2.23 bits per heavy atom. The van der Waals surface area contributed by atoms with Gasteiger partial charge in [-0.25, -0.2) is 4.79 Å². The second kappa shape index (κ2) is 9.38. The Labute approximate surface area is 187 Å². The minimum Gasteiger partial charge on any atom is -0.444 e. The van der Waals surface area contributed by atoms with Crippen LogP contribution < -0.4 is 0 Å². The van der Waals surface area contributed by atoms with Crippen LogP contribution in [0.1, 0.15) is 42.3 Å². The fourth-order valence-corrected chi connectivity index (χ4v) is 3.70. The molecular weight excluding hydrogens is 423 g/mol. The SMILES string of the molecule is CC(C)(C)OC(=O)N1CCN(Cc2ccc(C(=O)c3cccc(Cl)c3)cc2Cl)CC1. The van der Waals surface area contributed by atoms with Crippen molar-refractivity contribution in [1.29, 1.82) is 0 Å². The summed E-state index contributed by atoms with van der Waals surface area (Å²) >= 11 is 12.5. The maximum atomic E-state index is 12.7. The van der Waals surface area contributed by atoms with Gasteiger partial charge >= 0.3 is 6.09 Å². The van der Waals surface area contributed by atoms with E-state index >= 15 is 0 Å². The van der Waals surface area contributed by atoms with Crippen molar-refractivity contribution in [2.24, 2.45) is 0 Å². The first-order valence-electron chi connectivity index (χ1n) is 9.91. The molecule has 2 aromatic carbocycles. The normalized spacial score (nSPS) is 15.2. The predicted octanol–water partition coefficient (Wildman–Crippen LogP) is 5.28. The number of piperazine rings is 1. The molecule has 0 unspecified atom stereocenters. The van der Waals surface area contributed by atoms with Gasteiger partial charge in [-0.1, -0.05) is 47.5 Å². The van der Waals surface area contributed by atoms with Gasteiger partial charge in [-0.15, -0.1) is 0 Å². The lowest BCUT2D eigenvalue weighted by Gasteiger charge is -2.35. The molecule has 0 N–H and O–H groups in total. The Kier molecular flexibility index (Phi) is 7.06. The third kappa shape index (κ3) is 5.97. The van der Waals surface area contributed by atoms with E-state index in [1.54, 1.807) is 41.3 Å². The van der Waals surface area contributed by atoms with Gasteiger partial charge in [-0.2, -0.15) is 0 Å². The zero-order valence-corrected chi connectivity index (χ0v) is 19.0. The molecule has 0 aliphatic carbocycles. The fraction of sp³-hybridized carbons (Fsp3) is 0.391. The fourth-order valence-electron chi connectivity index (χ4n) is 3.27. The van der Waals surface area contributed by atoms with E-state index in [2.05, 4.69) is 4.90 Å².